The van der Waals surface area contributed by atoms with Gasteiger partial charge in [-0.3, -0.25) is 4.79 Å². The van der Waals surface area contributed by atoms with Crippen molar-refractivity contribution in [3.05, 3.63) is 23.8 Å². The molecule has 0 unspecified atom stereocenters. The van der Waals surface area contributed by atoms with E-state index in [2.05, 4.69) is 6.07 Å². The molecule has 72 valence electrons. The van der Waals surface area contributed by atoms with Crippen LogP contribution in [-0.4, -0.2) is 12.5 Å². The van der Waals surface area contributed by atoms with E-state index in [4.69, 9.17) is 5.73 Å². The molecule has 2 nitrogen and oxygen atoms in total. The summed E-state index contributed by atoms with van der Waals surface area (Å²) in [4.78, 5) is 10.7. The van der Waals surface area contributed by atoms with Crippen LogP contribution >= 0.6 is 23.1 Å². The van der Waals surface area contributed by atoms with E-state index < -0.39 is 0 Å². The first-order valence-electron chi connectivity index (χ1n) is 4.07. The fourth-order valence-corrected chi connectivity index (χ4v) is 2.97. The Morgan fingerprint density at radius 3 is 2.86 bits per heavy atom. The second-order valence-corrected chi connectivity index (χ2v) is 5.10. The zero-order valence-electron chi connectivity index (χ0n) is 7.61. The number of anilines is 1. The van der Waals surface area contributed by atoms with Crippen molar-refractivity contribution < 1.29 is 4.79 Å². The fraction of sp³-hybridized carbons (Fsp3) is 0.100. The SMILES string of the molecule is CSc1cc2cc(C=O)c(N)cc2s1. The van der Waals surface area contributed by atoms with Crippen molar-refractivity contribution in [1.29, 1.82) is 0 Å². The van der Waals surface area contributed by atoms with Gasteiger partial charge in [0.1, 0.15) is 0 Å². The standard InChI is InChI=1S/C10H9NOS2/c1-13-10-3-6-2-7(5-12)8(11)4-9(6)14-10/h2-5H,11H2,1H3. The molecule has 0 radical (unpaired) electrons. The summed E-state index contributed by atoms with van der Waals surface area (Å²) in [5.74, 6) is 0. The Balaban J connectivity index is 2.69. The number of hydrogen-bond acceptors (Lipinski definition) is 4. The zero-order chi connectivity index (χ0) is 10.1. The van der Waals surface area contributed by atoms with Crippen LogP contribution in [0.3, 0.4) is 0 Å². The number of carbonyl (C=O) groups excluding carboxylic acids is 1. The maximum atomic E-state index is 10.7. The molecule has 0 aliphatic carbocycles. The minimum Gasteiger partial charge on any atom is -0.398 e. The molecule has 0 spiro atoms. The number of benzene rings is 1. The lowest BCUT2D eigenvalue weighted by Gasteiger charge is -1.97. The van der Waals surface area contributed by atoms with Gasteiger partial charge in [-0.2, -0.15) is 0 Å². The molecule has 0 saturated carbocycles. The van der Waals surface area contributed by atoms with E-state index in [0.717, 1.165) is 16.4 Å². The Morgan fingerprint density at radius 2 is 2.21 bits per heavy atom. The molecule has 1 aromatic heterocycles. The summed E-state index contributed by atoms with van der Waals surface area (Å²) < 4.78 is 2.37. The van der Waals surface area contributed by atoms with Crippen LogP contribution in [0.4, 0.5) is 5.69 Å². The molecule has 0 fully saturated rings. The van der Waals surface area contributed by atoms with Gasteiger partial charge in [0, 0.05) is 16.0 Å². The fourth-order valence-electron chi connectivity index (χ4n) is 1.30. The number of nitrogen functional groups attached to an aromatic ring is 1. The van der Waals surface area contributed by atoms with E-state index in [0.29, 0.717) is 11.3 Å². The van der Waals surface area contributed by atoms with E-state index in [1.165, 1.54) is 4.21 Å². The van der Waals surface area contributed by atoms with E-state index in [9.17, 15) is 4.79 Å². The summed E-state index contributed by atoms with van der Waals surface area (Å²) in [6, 6.07) is 5.79. The number of fused-ring (bicyclic) bond motifs is 1. The van der Waals surface area contributed by atoms with E-state index in [1.54, 1.807) is 23.1 Å². The van der Waals surface area contributed by atoms with Crippen molar-refractivity contribution in [2.45, 2.75) is 4.21 Å². The van der Waals surface area contributed by atoms with Crippen LogP contribution in [0.5, 0.6) is 0 Å². The number of carbonyl (C=O) groups is 1. The molecule has 0 aliphatic heterocycles. The minimum absolute atomic E-state index is 0.557. The van der Waals surface area contributed by atoms with Crippen molar-refractivity contribution >= 4 is 45.2 Å². The van der Waals surface area contributed by atoms with Gasteiger partial charge in [0.2, 0.25) is 0 Å². The molecule has 4 heteroatoms. The zero-order valence-corrected chi connectivity index (χ0v) is 9.24. The van der Waals surface area contributed by atoms with Crippen molar-refractivity contribution in [2.24, 2.45) is 0 Å². The average molecular weight is 223 g/mol. The molecule has 2 N–H and O–H groups in total. The average Bonchev–Trinajstić information content (AvgIpc) is 2.58. The second-order valence-electron chi connectivity index (χ2n) is 2.91. The van der Waals surface area contributed by atoms with Crippen LogP contribution in [0, 0.1) is 0 Å². The van der Waals surface area contributed by atoms with Crippen LogP contribution in [0.2, 0.25) is 0 Å². The largest absolute Gasteiger partial charge is 0.398 e. The number of nitrogens with two attached hydrogens (primary N) is 1. The van der Waals surface area contributed by atoms with Crippen molar-refractivity contribution in [2.75, 3.05) is 12.0 Å². The summed E-state index contributed by atoms with van der Waals surface area (Å²) in [6.07, 6.45) is 2.83. The molecule has 2 aromatic rings. The number of hydrogen-bond donors (Lipinski definition) is 1. The van der Waals surface area contributed by atoms with Crippen LogP contribution < -0.4 is 5.73 Å². The van der Waals surface area contributed by atoms with Gasteiger partial charge in [0.15, 0.2) is 6.29 Å². The van der Waals surface area contributed by atoms with Gasteiger partial charge in [-0.1, -0.05) is 0 Å². The Morgan fingerprint density at radius 1 is 1.43 bits per heavy atom. The highest BCUT2D eigenvalue weighted by Gasteiger charge is 2.05. The molecule has 0 bridgehead atoms. The molecule has 0 amide bonds. The third-order valence-electron chi connectivity index (χ3n) is 2.03. The summed E-state index contributed by atoms with van der Waals surface area (Å²) in [5.41, 5.74) is 6.85. The summed E-state index contributed by atoms with van der Waals surface area (Å²) in [5, 5.41) is 1.09. The van der Waals surface area contributed by atoms with E-state index in [-0.39, 0.29) is 0 Å². The Kier molecular flexibility index (Phi) is 2.48. The third kappa shape index (κ3) is 1.51. The Bertz CT molecular complexity index is 490. The predicted octanol–water partition coefficient (Wildman–Crippen LogP) is 3.02. The summed E-state index contributed by atoms with van der Waals surface area (Å²) in [7, 11) is 0. The van der Waals surface area contributed by atoms with Gasteiger partial charge in [-0.05, 0) is 29.8 Å². The molecule has 1 aromatic carbocycles. The van der Waals surface area contributed by atoms with Crippen LogP contribution in [0.1, 0.15) is 10.4 Å². The van der Waals surface area contributed by atoms with Crippen LogP contribution in [0.15, 0.2) is 22.4 Å². The molecule has 14 heavy (non-hydrogen) atoms. The minimum atomic E-state index is 0.557. The number of thiophene rings is 1. The number of rotatable bonds is 2. The van der Waals surface area contributed by atoms with Gasteiger partial charge in [-0.25, -0.2) is 0 Å². The van der Waals surface area contributed by atoms with Gasteiger partial charge >= 0.3 is 0 Å². The van der Waals surface area contributed by atoms with Crippen LogP contribution in [0.25, 0.3) is 10.1 Å². The first-order chi connectivity index (χ1) is 6.74. The van der Waals surface area contributed by atoms with Crippen molar-refractivity contribution in [1.82, 2.24) is 0 Å². The maximum Gasteiger partial charge on any atom is 0.152 e. The molecular weight excluding hydrogens is 214 g/mol. The number of thioether (sulfide) groups is 1. The molecule has 0 atom stereocenters. The maximum absolute atomic E-state index is 10.7. The second kappa shape index (κ2) is 3.63. The quantitative estimate of drug-likeness (QED) is 0.483. The highest BCUT2D eigenvalue weighted by Crippen LogP contribution is 2.33. The molecule has 0 aliphatic rings. The smallest absolute Gasteiger partial charge is 0.152 e. The first-order valence-corrected chi connectivity index (χ1v) is 6.11. The van der Waals surface area contributed by atoms with E-state index in [1.807, 2.05) is 18.4 Å². The first kappa shape index (κ1) is 9.55. The lowest BCUT2D eigenvalue weighted by atomic mass is 10.1. The van der Waals surface area contributed by atoms with Gasteiger partial charge in [0.25, 0.3) is 0 Å². The van der Waals surface area contributed by atoms with Gasteiger partial charge in [0.05, 0.1) is 4.21 Å². The lowest BCUT2D eigenvalue weighted by molar-refractivity contribution is 0.112. The van der Waals surface area contributed by atoms with E-state index >= 15 is 0 Å². The Labute approximate surface area is 90.1 Å². The van der Waals surface area contributed by atoms with Gasteiger partial charge < -0.3 is 5.73 Å². The van der Waals surface area contributed by atoms with Crippen molar-refractivity contribution in [3.8, 4) is 0 Å². The van der Waals surface area contributed by atoms with Crippen molar-refractivity contribution in [3.63, 3.8) is 0 Å². The highest BCUT2D eigenvalue weighted by atomic mass is 32.2. The third-order valence-corrected chi connectivity index (χ3v) is 4.19. The number of aldehydes is 1. The molecule has 2 rings (SSSR count). The molecule has 0 saturated heterocycles. The highest BCUT2D eigenvalue weighted by molar-refractivity contribution is 8.00. The lowest BCUT2D eigenvalue weighted by Crippen LogP contribution is -1.91. The predicted molar refractivity (Wildman–Crippen MR) is 63.4 cm³/mol. The normalized spacial score (nSPS) is 10.6. The summed E-state index contributed by atoms with van der Waals surface area (Å²) >= 11 is 3.40. The topological polar surface area (TPSA) is 43.1 Å². The Hall–Kier alpha value is -1.00. The van der Waals surface area contributed by atoms with Gasteiger partial charge in [-0.15, -0.1) is 23.1 Å². The molecule has 1 heterocycles. The monoisotopic (exact) mass is 223 g/mol. The van der Waals surface area contributed by atoms with Crippen LogP contribution in [-0.2, 0) is 0 Å². The molecular formula is C10H9NOS2. The summed E-state index contributed by atoms with van der Waals surface area (Å²) in [6.45, 7) is 0.